The lowest BCUT2D eigenvalue weighted by molar-refractivity contribution is -0.230. The third-order valence-electron chi connectivity index (χ3n) is 11.8. The molecule has 59 heavy (non-hydrogen) atoms. The van der Waals surface area contributed by atoms with E-state index in [0.717, 1.165) is 0 Å². The number of hydrogen-bond donors (Lipinski definition) is 7. The van der Waals surface area contributed by atoms with Gasteiger partial charge in [-0.05, 0) is 60.9 Å². The SMILES string of the molecule is CC1(C)O[C@H]2O[C@H]([C@H](O)CN(C[C@@H](O)[C@H]3O[C@@H]4OC(C)(C)O[C@@H]4[C@H]3NC[C@@H](O)[C@H]3O[C@@H]4OC(C)(C)O[C@@H]4[C@H]3N=[N+]=[N-])C[C@H](O)[C@H]3O[C@@H]4OC(C)(C)O[C@@H]4[C@H]3O)[C@H](O)[C@H]2O1. The summed E-state index contributed by atoms with van der Waals surface area (Å²) >= 11 is 0. The van der Waals surface area contributed by atoms with E-state index in [4.69, 9.17) is 56.8 Å². The number of nitrogens with zero attached hydrogens (tertiary/aromatic N) is 4. The van der Waals surface area contributed by atoms with Crippen LogP contribution in [-0.2, 0) is 56.8 Å². The van der Waals surface area contributed by atoms with Gasteiger partial charge in [0.1, 0.15) is 54.9 Å². The van der Waals surface area contributed by atoms with Gasteiger partial charge in [0.2, 0.25) is 0 Å². The van der Waals surface area contributed by atoms with E-state index in [-0.39, 0.29) is 26.2 Å². The molecule has 8 rings (SSSR count). The highest BCUT2D eigenvalue weighted by Gasteiger charge is 2.60. The first-order chi connectivity index (χ1) is 27.5. The number of rotatable bonds is 14. The molecule has 0 bridgehead atoms. The minimum absolute atomic E-state index is 0.142. The van der Waals surface area contributed by atoms with Crippen molar-refractivity contribution in [3.63, 3.8) is 0 Å². The molecule has 0 spiro atoms. The van der Waals surface area contributed by atoms with Crippen LogP contribution in [0.1, 0.15) is 55.4 Å². The van der Waals surface area contributed by atoms with Gasteiger partial charge in [-0.25, -0.2) is 0 Å². The van der Waals surface area contributed by atoms with E-state index in [9.17, 15) is 36.2 Å². The van der Waals surface area contributed by atoms with Crippen LogP contribution in [0.15, 0.2) is 5.11 Å². The third kappa shape index (κ3) is 8.75. The maximum Gasteiger partial charge on any atom is 0.190 e. The number of ether oxygens (including phenoxy) is 12. The smallest absolute Gasteiger partial charge is 0.190 e. The first-order valence-electron chi connectivity index (χ1n) is 20.2. The van der Waals surface area contributed by atoms with E-state index in [2.05, 4.69) is 15.3 Å². The van der Waals surface area contributed by atoms with Gasteiger partial charge in [0, 0.05) is 31.1 Å². The number of aliphatic hydroxyl groups excluding tert-OH is 6. The van der Waals surface area contributed by atoms with Gasteiger partial charge in [0.25, 0.3) is 0 Å². The molecule has 8 saturated heterocycles. The lowest BCUT2D eigenvalue weighted by Gasteiger charge is -2.36. The Morgan fingerprint density at radius 1 is 0.542 bits per heavy atom. The van der Waals surface area contributed by atoms with Crippen LogP contribution in [0.2, 0.25) is 0 Å². The zero-order chi connectivity index (χ0) is 42.6. The summed E-state index contributed by atoms with van der Waals surface area (Å²) in [7, 11) is 0. The zero-order valence-electron chi connectivity index (χ0n) is 34.2. The summed E-state index contributed by atoms with van der Waals surface area (Å²) in [5.41, 5.74) is 9.31. The second-order valence-electron chi connectivity index (χ2n) is 18.4. The van der Waals surface area contributed by atoms with Crippen molar-refractivity contribution in [2.75, 3.05) is 26.2 Å². The van der Waals surface area contributed by atoms with Gasteiger partial charge >= 0.3 is 0 Å². The minimum atomic E-state index is -1.39. The number of fused-ring (bicyclic) bond motifs is 4. The second kappa shape index (κ2) is 15.9. The van der Waals surface area contributed by atoms with Crippen molar-refractivity contribution in [1.82, 2.24) is 10.2 Å². The molecule has 7 N–H and O–H groups in total. The standard InChI is InChI=1S/C36H59N5O18/c1-33(2)52-25-17(38-9-13(42)21-18(39-40-37)26-30(48-21)57-34(3,4)53-26)22(49-29(25)56-33)14(43)10-41(11-15(44)23-19(46)27-31(50-23)58-35(5,6)54-27)12-16(45)24-20(47)28-32(51-24)59-36(7,8)55-28/h13-32,38,42-47H,9-12H2,1-8H3/t13-,14-,15-,16+,17+,18+,19+,20+,21-,22-,23-,24-,25-,26-,27-,28-,29-,30-,31-,32-/m1/s1. The molecule has 8 heterocycles. The van der Waals surface area contributed by atoms with E-state index in [1.54, 1.807) is 55.4 Å². The average molecular weight is 850 g/mol. The molecule has 0 aromatic heterocycles. The number of hydrogen-bond acceptors (Lipinski definition) is 21. The summed E-state index contributed by atoms with van der Waals surface area (Å²) in [5, 5.41) is 75.7. The number of nitrogens with one attached hydrogen (secondary N) is 1. The molecular formula is C36H59N5O18. The lowest BCUT2D eigenvalue weighted by atomic mass is 9.99. The summed E-state index contributed by atoms with van der Waals surface area (Å²) < 4.78 is 71.0. The molecule has 20 atom stereocenters. The Hall–Kier alpha value is -1.49. The van der Waals surface area contributed by atoms with Gasteiger partial charge < -0.3 is 92.8 Å². The Kier molecular flexibility index (Phi) is 11.9. The average Bonchev–Trinajstić information content (AvgIpc) is 3.98. The fourth-order valence-corrected chi connectivity index (χ4v) is 9.49. The molecule has 0 aliphatic carbocycles. The fraction of sp³-hybridized carbons (Fsp3) is 1.00. The van der Waals surface area contributed by atoms with Gasteiger partial charge in [-0.1, -0.05) is 5.11 Å². The molecule has 336 valence electrons. The van der Waals surface area contributed by atoms with E-state index < -0.39 is 146 Å². The molecule has 0 aromatic rings. The van der Waals surface area contributed by atoms with Crippen molar-refractivity contribution in [2.45, 2.75) is 201 Å². The normalized spacial score (nSPS) is 46.8. The highest BCUT2D eigenvalue weighted by atomic mass is 16.9. The Morgan fingerprint density at radius 3 is 1.37 bits per heavy atom. The number of aliphatic hydroxyl groups is 6. The van der Waals surface area contributed by atoms with Gasteiger partial charge in [0.15, 0.2) is 48.3 Å². The van der Waals surface area contributed by atoms with Crippen LogP contribution in [0.3, 0.4) is 0 Å². The highest BCUT2D eigenvalue weighted by molar-refractivity contribution is 5.05. The molecule has 0 amide bonds. The third-order valence-corrected chi connectivity index (χ3v) is 11.8. The van der Waals surface area contributed by atoms with Gasteiger partial charge in [-0.15, -0.1) is 0 Å². The zero-order valence-corrected chi connectivity index (χ0v) is 34.2. The Balaban J connectivity index is 0.972. The van der Waals surface area contributed by atoms with E-state index in [1.165, 1.54) is 4.90 Å². The molecule has 23 nitrogen and oxygen atoms in total. The number of azide groups is 1. The Morgan fingerprint density at radius 2 is 0.915 bits per heavy atom. The quantitative estimate of drug-likeness (QED) is 0.0544. The molecule has 8 aliphatic rings. The second-order valence-corrected chi connectivity index (χ2v) is 18.4. The lowest BCUT2D eigenvalue weighted by Crippen LogP contribution is -2.57. The van der Waals surface area contributed by atoms with E-state index in [1.807, 2.05) is 0 Å². The molecule has 0 aromatic carbocycles. The Labute approximate surface area is 340 Å². The van der Waals surface area contributed by atoms with Crippen molar-refractivity contribution in [1.29, 1.82) is 0 Å². The largest absolute Gasteiger partial charge is 0.389 e. The van der Waals surface area contributed by atoms with Crippen LogP contribution < -0.4 is 5.32 Å². The fourth-order valence-electron chi connectivity index (χ4n) is 9.49. The summed E-state index contributed by atoms with van der Waals surface area (Å²) in [4.78, 5) is 4.46. The van der Waals surface area contributed by atoms with Crippen molar-refractivity contribution >= 4 is 0 Å². The molecule has 0 saturated carbocycles. The van der Waals surface area contributed by atoms with Crippen LogP contribution >= 0.6 is 0 Å². The summed E-state index contributed by atoms with van der Waals surface area (Å²) in [5.74, 6) is -4.04. The van der Waals surface area contributed by atoms with E-state index in [0.29, 0.717) is 0 Å². The predicted molar refractivity (Wildman–Crippen MR) is 192 cm³/mol. The van der Waals surface area contributed by atoms with Crippen LogP contribution in [0.4, 0.5) is 0 Å². The molecule has 8 aliphatic heterocycles. The minimum Gasteiger partial charge on any atom is -0.389 e. The predicted octanol–water partition coefficient (Wildman–Crippen LogP) is -2.40. The molecular weight excluding hydrogens is 790 g/mol. The summed E-state index contributed by atoms with van der Waals surface area (Å²) in [6.07, 6.45) is -19.2. The van der Waals surface area contributed by atoms with Crippen LogP contribution in [-0.4, -0.2) is 208 Å². The van der Waals surface area contributed by atoms with Gasteiger partial charge in [0.05, 0.1) is 42.6 Å². The van der Waals surface area contributed by atoms with Crippen molar-refractivity contribution < 1.29 is 87.5 Å². The summed E-state index contributed by atoms with van der Waals surface area (Å²) in [6, 6.07) is -1.71. The topological polar surface area (TPSA) is 296 Å². The van der Waals surface area contributed by atoms with Gasteiger partial charge in [-0.3, -0.25) is 4.90 Å². The first kappa shape index (κ1) is 44.1. The van der Waals surface area contributed by atoms with Crippen molar-refractivity contribution in [3.8, 4) is 0 Å². The first-order valence-corrected chi connectivity index (χ1v) is 20.2. The maximum atomic E-state index is 12.0. The Bertz CT molecular complexity index is 1520. The van der Waals surface area contributed by atoms with Crippen LogP contribution in [0.25, 0.3) is 10.4 Å². The monoisotopic (exact) mass is 849 g/mol. The summed E-state index contributed by atoms with van der Waals surface area (Å²) in [6.45, 7) is 12.6. The van der Waals surface area contributed by atoms with Crippen LogP contribution in [0.5, 0.6) is 0 Å². The molecule has 0 radical (unpaired) electrons. The molecule has 8 fully saturated rings. The van der Waals surface area contributed by atoms with E-state index >= 15 is 0 Å². The van der Waals surface area contributed by atoms with Gasteiger partial charge in [-0.2, -0.15) is 0 Å². The molecule has 0 unspecified atom stereocenters. The maximum absolute atomic E-state index is 12.0. The van der Waals surface area contributed by atoms with Crippen LogP contribution in [0, 0.1) is 0 Å². The molecule has 23 heteroatoms. The van der Waals surface area contributed by atoms with Crippen molar-refractivity contribution in [3.05, 3.63) is 10.4 Å². The van der Waals surface area contributed by atoms with Crippen molar-refractivity contribution in [2.24, 2.45) is 5.11 Å². The highest BCUT2D eigenvalue weighted by Crippen LogP contribution is 2.43.